The zero-order chi connectivity index (χ0) is 17.5. The number of hydrogen-bond acceptors (Lipinski definition) is 6. The fourth-order valence-corrected chi connectivity index (χ4v) is 3.31. The number of amides is 1. The van der Waals surface area contributed by atoms with Gasteiger partial charge in [-0.3, -0.25) is 4.90 Å². The van der Waals surface area contributed by atoms with Crippen LogP contribution in [-0.4, -0.2) is 63.0 Å². The van der Waals surface area contributed by atoms with E-state index >= 15 is 0 Å². The number of nitrogens with zero attached hydrogens (tertiary/aromatic N) is 4. The van der Waals surface area contributed by atoms with Crippen molar-refractivity contribution < 1.29 is 19.4 Å². The second-order valence-electron chi connectivity index (χ2n) is 7.26. The van der Waals surface area contributed by atoms with Gasteiger partial charge in [0, 0.05) is 13.1 Å². The Labute approximate surface area is 140 Å². The Balaban J connectivity index is 1.71. The first-order valence-electron chi connectivity index (χ1n) is 8.08. The van der Waals surface area contributed by atoms with Gasteiger partial charge in [-0.25, -0.2) is 9.59 Å². The van der Waals surface area contributed by atoms with Gasteiger partial charge in [0.15, 0.2) is 11.5 Å². The fraction of sp³-hybridized carbons (Fsp3) is 0.625. The first-order chi connectivity index (χ1) is 11.2. The first kappa shape index (κ1) is 16.5. The van der Waals surface area contributed by atoms with Crippen LogP contribution < -0.4 is 4.90 Å². The maximum atomic E-state index is 12.4. The van der Waals surface area contributed by atoms with Crippen LogP contribution in [0.4, 0.5) is 10.6 Å². The van der Waals surface area contributed by atoms with Gasteiger partial charge in [-0.05, 0) is 45.7 Å². The van der Waals surface area contributed by atoms with E-state index in [0.29, 0.717) is 18.9 Å². The number of rotatable bonds is 2. The van der Waals surface area contributed by atoms with Gasteiger partial charge >= 0.3 is 12.1 Å². The topological polar surface area (TPSA) is 95.9 Å². The van der Waals surface area contributed by atoms with E-state index in [2.05, 4.69) is 15.1 Å². The van der Waals surface area contributed by atoms with Crippen LogP contribution in [-0.2, 0) is 4.74 Å². The molecule has 0 saturated carbocycles. The minimum absolute atomic E-state index is 0.0749. The third-order valence-corrected chi connectivity index (χ3v) is 4.28. The van der Waals surface area contributed by atoms with E-state index < -0.39 is 11.6 Å². The highest BCUT2D eigenvalue weighted by Crippen LogP contribution is 2.33. The average Bonchev–Trinajstić information content (AvgIpc) is 2.76. The third kappa shape index (κ3) is 3.27. The second kappa shape index (κ2) is 5.92. The van der Waals surface area contributed by atoms with Crippen molar-refractivity contribution in [3.63, 3.8) is 0 Å². The molecule has 3 rings (SSSR count). The number of carbonyl (C=O) groups is 2. The fourth-order valence-electron chi connectivity index (χ4n) is 3.31. The number of piperazine rings is 1. The first-order valence-corrected chi connectivity index (χ1v) is 8.08. The summed E-state index contributed by atoms with van der Waals surface area (Å²) in [6.45, 7) is 6.89. The summed E-state index contributed by atoms with van der Waals surface area (Å²) >= 11 is 0. The van der Waals surface area contributed by atoms with E-state index in [1.807, 2.05) is 25.7 Å². The molecule has 3 heterocycles. The minimum Gasteiger partial charge on any atom is -0.476 e. The maximum absolute atomic E-state index is 12.4. The number of carboxylic acids is 1. The van der Waals surface area contributed by atoms with Crippen LogP contribution >= 0.6 is 0 Å². The molecule has 2 atom stereocenters. The summed E-state index contributed by atoms with van der Waals surface area (Å²) in [5, 5.41) is 16.6. The van der Waals surface area contributed by atoms with E-state index in [0.717, 1.165) is 12.8 Å². The molecule has 130 valence electrons. The monoisotopic (exact) mass is 334 g/mol. The Hall–Kier alpha value is -2.38. The predicted molar refractivity (Wildman–Crippen MR) is 86.1 cm³/mol. The summed E-state index contributed by atoms with van der Waals surface area (Å²) in [7, 11) is 0. The molecule has 2 saturated heterocycles. The normalized spacial score (nSPS) is 23.3. The maximum Gasteiger partial charge on any atom is 0.410 e. The molecule has 2 aliphatic rings. The van der Waals surface area contributed by atoms with Gasteiger partial charge in [0.2, 0.25) is 0 Å². The summed E-state index contributed by atoms with van der Waals surface area (Å²) in [5.41, 5.74) is -0.583. The number of fused-ring (bicyclic) bond motifs is 2. The number of aromatic carboxylic acids is 1. The number of aromatic nitrogens is 2. The van der Waals surface area contributed by atoms with Gasteiger partial charge in [0.25, 0.3) is 0 Å². The minimum atomic E-state index is -1.09. The van der Waals surface area contributed by atoms with Gasteiger partial charge in [-0.1, -0.05) is 0 Å². The second-order valence-corrected chi connectivity index (χ2v) is 7.26. The Kier molecular flexibility index (Phi) is 4.06. The third-order valence-electron chi connectivity index (χ3n) is 4.28. The highest BCUT2D eigenvalue weighted by molar-refractivity contribution is 5.85. The molecule has 1 aromatic rings. The molecule has 0 aromatic carbocycles. The molecule has 0 radical (unpaired) electrons. The molecule has 0 spiro atoms. The van der Waals surface area contributed by atoms with E-state index in [-0.39, 0.29) is 23.9 Å². The Morgan fingerprint density at radius 3 is 2.25 bits per heavy atom. The molecule has 8 heteroatoms. The van der Waals surface area contributed by atoms with Crippen LogP contribution in [0.3, 0.4) is 0 Å². The molecule has 1 aromatic heterocycles. The van der Waals surface area contributed by atoms with Crippen molar-refractivity contribution in [3.8, 4) is 0 Å². The van der Waals surface area contributed by atoms with Crippen molar-refractivity contribution in [2.24, 2.45) is 0 Å². The molecule has 1 amide bonds. The van der Waals surface area contributed by atoms with Gasteiger partial charge in [-0.2, -0.15) is 0 Å². The summed E-state index contributed by atoms with van der Waals surface area (Å²) in [6, 6.07) is 3.28. The predicted octanol–water partition coefficient (Wildman–Crippen LogP) is 1.76. The largest absolute Gasteiger partial charge is 0.476 e. The van der Waals surface area contributed by atoms with Crippen LogP contribution in [0, 0.1) is 0 Å². The van der Waals surface area contributed by atoms with Gasteiger partial charge in [0.1, 0.15) is 5.60 Å². The molecule has 8 nitrogen and oxygen atoms in total. The molecule has 2 unspecified atom stereocenters. The quantitative estimate of drug-likeness (QED) is 0.880. The number of carboxylic acid groups (broad SMARTS) is 1. The molecule has 24 heavy (non-hydrogen) atoms. The SMILES string of the molecule is CC(C)(C)OC(=O)N1C2CCC1CN(c1ccc(C(=O)O)nn1)C2. The highest BCUT2D eigenvalue weighted by atomic mass is 16.6. The standard InChI is InChI=1S/C16H22N4O4/c1-16(2,3)24-15(23)20-10-4-5-11(20)9-19(8-10)13-7-6-12(14(21)22)17-18-13/h6-7,10-11H,4-5,8-9H2,1-3H3,(H,21,22). The van der Waals surface area contributed by atoms with Gasteiger partial charge in [-0.15, -0.1) is 10.2 Å². The molecule has 2 fully saturated rings. The molecule has 2 bridgehead atoms. The van der Waals surface area contributed by atoms with Crippen molar-refractivity contribution in [2.45, 2.75) is 51.3 Å². The van der Waals surface area contributed by atoms with Crippen LogP contribution in [0.1, 0.15) is 44.1 Å². The zero-order valence-corrected chi connectivity index (χ0v) is 14.1. The lowest BCUT2D eigenvalue weighted by atomic mass is 10.2. The molecule has 1 N–H and O–H groups in total. The molecular weight excluding hydrogens is 312 g/mol. The van der Waals surface area contributed by atoms with Crippen molar-refractivity contribution >= 4 is 17.9 Å². The van der Waals surface area contributed by atoms with Crippen LogP contribution in [0.15, 0.2) is 12.1 Å². The lowest BCUT2D eigenvalue weighted by molar-refractivity contribution is 0.0122. The molecular formula is C16H22N4O4. The Morgan fingerprint density at radius 1 is 1.17 bits per heavy atom. The summed E-state index contributed by atoms with van der Waals surface area (Å²) in [6.07, 6.45) is 1.60. The van der Waals surface area contributed by atoms with Crippen LogP contribution in [0.25, 0.3) is 0 Å². The average molecular weight is 334 g/mol. The van der Waals surface area contributed by atoms with Gasteiger partial charge in [0.05, 0.1) is 12.1 Å². The van der Waals surface area contributed by atoms with E-state index in [1.165, 1.54) is 6.07 Å². The summed E-state index contributed by atoms with van der Waals surface area (Å²) < 4.78 is 5.52. The number of carbonyl (C=O) groups excluding carboxylic acids is 1. The lowest BCUT2D eigenvalue weighted by Gasteiger charge is -2.41. The summed E-state index contributed by atoms with van der Waals surface area (Å²) in [4.78, 5) is 27.2. The Morgan fingerprint density at radius 2 is 1.79 bits per heavy atom. The smallest absolute Gasteiger partial charge is 0.410 e. The van der Waals surface area contributed by atoms with E-state index in [1.54, 1.807) is 6.07 Å². The van der Waals surface area contributed by atoms with Crippen molar-refractivity contribution in [1.29, 1.82) is 0 Å². The molecule has 2 aliphatic heterocycles. The number of ether oxygens (including phenoxy) is 1. The Bertz CT molecular complexity index is 626. The number of anilines is 1. The van der Waals surface area contributed by atoms with Crippen molar-refractivity contribution in [2.75, 3.05) is 18.0 Å². The van der Waals surface area contributed by atoms with Crippen LogP contribution in [0.2, 0.25) is 0 Å². The van der Waals surface area contributed by atoms with Crippen LogP contribution in [0.5, 0.6) is 0 Å². The zero-order valence-electron chi connectivity index (χ0n) is 14.1. The van der Waals surface area contributed by atoms with Crippen molar-refractivity contribution in [3.05, 3.63) is 17.8 Å². The molecule has 0 aliphatic carbocycles. The van der Waals surface area contributed by atoms with Gasteiger partial charge < -0.3 is 14.7 Å². The highest BCUT2D eigenvalue weighted by Gasteiger charge is 2.44. The lowest BCUT2D eigenvalue weighted by Crippen LogP contribution is -2.57. The van der Waals surface area contributed by atoms with E-state index in [9.17, 15) is 9.59 Å². The van der Waals surface area contributed by atoms with E-state index in [4.69, 9.17) is 9.84 Å². The number of hydrogen-bond donors (Lipinski definition) is 1. The van der Waals surface area contributed by atoms with Crippen molar-refractivity contribution in [1.82, 2.24) is 15.1 Å². The summed E-state index contributed by atoms with van der Waals surface area (Å²) in [5.74, 6) is -0.454.